The van der Waals surface area contributed by atoms with Gasteiger partial charge in [-0.3, -0.25) is 0 Å². The van der Waals surface area contributed by atoms with Crippen LogP contribution in [-0.4, -0.2) is 0 Å². The van der Waals surface area contributed by atoms with Gasteiger partial charge in [-0.1, -0.05) is 48.5 Å². The molecule has 0 saturated carbocycles. The summed E-state index contributed by atoms with van der Waals surface area (Å²) in [5, 5.41) is 5.58. The highest BCUT2D eigenvalue weighted by Gasteiger charge is 2.04. The summed E-state index contributed by atoms with van der Waals surface area (Å²) < 4.78 is 26.4. The van der Waals surface area contributed by atoms with Gasteiger partial charge in [0.15, 0.2) is 0 Å². The summed E-state index contributed by atoms with van der Waals surface area (Å²) in [5.41, 5.74) is 1.63. The Bertz CT molecular complexity index is 763. The molecule has 3 rings (SSSR count). The molecule has 0 aliphatic heterocycles. The highest BCUT2D eigenvalue weighted by Crippen LogP contribution is 2.18. The van der Waals surface area contributed by atoms with Crippen LogP contribution in [0, 0.1) is 11.6 Å². The summed E-state index contributed by atoms with van der Waals surface area (Å²) in [6, 6.07) is 17.9. The lowest BCUT2D eigenvalue weighted by atomic mass is 10.0. The topological polar surface area (TPSA) is 12.0 Å². The van der Waals surface area contributed by atoms with Crippen LogP contribution in [0.1, 0.15) is 11.1 Å². The Hall–Kier alpha value is -2.26. The van der Waals surface area contributed by atoms with E-state index in [4.69, 9.17) is 0 Å². The summed E-state index contributed by atoms with van der Waals surface area (Å²) in [6.45, 7) is 1.01. The van der Waals surface area contributed by atoms with Crippen LogP contribution >= 0.6 is 0 Å². The maximum Gasteiger partial charge on any atom is 0.130 e. The van der Waals surface area contributed by atoms with Crippen molar-refractivity contribution in [3.63, 3.8) is 0 Å². The molecule has 3 aromatic carbocycles. The van der Waals surface area contributed by atoms with Crippen molar-refractivity contribution in [3.8, 4) is 0 Å². The van der Waals surface area contributed by atoms with E-state index in [-0.39, 0.29) is 0 Å². The molecule has 0 saturated heterocycles. The second-order valence-corrected chi connectivity index (χ2v) is 4.98. The average Bonchev–Trinajstić information content (AvgIpc) is 2.50. The van der Waals surface area contributed by atoms with Gasteiger partial charge in [0.2, 0.25) is 0 Å². The number of benzene rings is 3. The Kier molecular flexibility index (Phi) is 3.93. The van der Waals surface area contributed by atoms with E-state index in [9.17, 15) is 8.78 Å². The van der Waals surface area contributed by atoms with Crippen molar-refractivity contribution in [2.45, 2.75) is 13.1 Å². The number of halogens is 2. The predicted molar refractivity (Wildman–Crippen MR) is 80.8 cm³/mol. The van der Waals surface area contributed by atoms with E-state index >= 15 is 0 Å². The zero-order chi connectivity index (χ0) is 14.7. The molecule has 3 heteroatoms. The van der Waals surface area contributed by atoms with Gasteiger partial charge in [-0.25, -0.2) is 8.78 Å². The van der Waals surface area contributed by atoms with E-state index in [0.29, 0.717) is 18.7 Å². The Labute approximate surface area is 122 Å². The van der Waals surface area contributed by atoms with Crippen molar-refractivity contribution in [2.75, 3.05) is 0 Å². The van der Waals surface area contributed by atoms with Crippen LogP contribution < -0.4 is 5.32 Å². The van der Waals surface area contributed by atoms with Crippen molar-refractivity contribution in [1.29, 1.82) is 0 Å². The first-order valence-electron chi connectivity index (χ1n) is 6.85. The van der Waals surface area contributed by atoms with Gasteiger partial charge in [-0.05, 0) is 22.4 Å². The molecule has 0 atom stereocenters. The molecule has 0 heterocycles. The molecule has 0 bridgehead atoms. The van der Waals surface area contributed by atoms with Crippen molar-refractivity contribution >= 4 is 10.8 Å². The van der Waals surface area contributed by atoms with Gasteiger partial charge in [0.25, 0.3) is 0 Å². The molecule has 0 aliphatic carbocycles. The normalized spacial score (nSPS) is 11.0. The smallest absolute Gasteiger partial charge is 0.130 e. The molecule has 0 spiro atoms. The van der Waals surface area contributed by atoms with Crippen molar-refractivity contribution in [3.05, 3.63) is 83.4 Å². The molecule has 3 aromatic rings. The van der Waals surface area contributed by atoms with Crippen molar-refractivity contribution in [1.82, 2.24) is 5.32 Å². The van der Waals surface area contributed by atoms with E-state index in [1.807, 2.05) is 18.2 Å². The second-order valence-electron chi connectivity index (χ2n) is 4.98. The van der Waals surface area contributed by atoms with Gasteiger partial charge in [-0.2, -0.15) is 0 Å². The molecule has 0 aliphatic rings. The zero-order valence-electron chi connectivity index (χ0n) is 11.4. The van der Waals surface area contributed by atoms with Gasteiger partial charge < -0.3 is 5.32 Å². The fraction of sp³-hybridized carbons (Fsp3) is 0.111. The van der Waals surface area contributed by atoms with Crippen LogP contribution in [0.15, 0.2) is 60.7 Å². The number of hydrogen-bond donors (Lipinski definition) is 1. The van der Waals surface area contributed by atoms with Crippen LogP contribution in [0.4, 0.5) is 8.78 Å². The largest absolute Gasteiger partial charge is 0.308 e. The lowest BCUT2D eigenvalue weighted by Crippen LogP contribution is -2.14. The first kappa shape index (κ1) is 13.7. The summed E-state index contributed by atoms with van der Waals surface area (Å²) in [5.74, 6) is -1.06. The predicted octanol–water partition coefficient (Wildman–Crippen LogP) is 4.41. The van der Waals surface area contributed by atoms with Crippen LogP contribution in [-0.2, 0) is 13.1 Å². The third-order valence-electron chi connectivity index (χ3n) is 3.53. The van der Waals surface area contributed by atoms with E-state index in [2.05, 4.69) is 29.6 Å². The Balaban J connectivity index is 1.72. The quantitative estimate of drug-likeness (QED) is 0.748. The fourth-order valence-corrected chi connectivity index (χ4v) is 2.44. The lowest BCUT2D eigenvalue weighted by molar-refractivity contribution is 0.560. The minimum Gasteiger partial charge on any atom is -0.308 e. The molecule has 0 unspecified atom stereocenters. The third kappa shape index (κ3) is 3.09. The van der Waals surface area contributed by atoms with Crippen LogP contribution in [0.5, 0.6) is 0 Å². The van der Waals surface area contributed by atoms with Gasteiger partial charge in [-0.15, -0.1) is 0 Å². The highest BCUT2D eigenvalue weighted by atomic mass is 19.1. The number of rotatable bonds is 4. The highest BCUT2D eigenvalue weighted by molar-refractivity contribution is 5.85. The zero-order valence-corrected chi connectivity index (χ0v) is 11.4. The molecule has 0 amide bonds. The number of hydrogen-bond acceptors (Lipinski definition) is 1. The summed E-state index contributed by atoms with van der Waals surface area (Å²) in [4.78, 5) is 0. The first-order valence-corrected chi connectivity index (χ1v) is 6.85. The van der Waals surface area contributed by atoms with Gasteiger partial charge in [0.05, 0.1) is 0 Å². The molecule has 1 nitrogen and oxygen atoms in total. The summed E-state index contributed by atoms with van der Waals surface area (Å²) in [6.07, 6.45) is 0. The van der Waals surface area contributed by atoms with Gasteiger partial charge in [0, 0.05) is 24.7 Å². The Morgan fingerprint density at radius 1 is 0.762 bits per heavy atom. The van der Waals surface area contributed by atoms with Gasteiger partial charge in [0.1, 0.15) is 11.6 Å². The van der Waals surface area contributed by atoms with Crippen LogP contribution in [0.3, 0.4) is 0 Å². The first-order chi connectivity index (χ1) is 10.2. The van der Waals surface area contributed by atoms with E-state index in [1.54, 1.807) is 0 Å². The lowest BCUT2D eigenvalue weighted by Gasteiger charge is -2.09. The molecule has 1 N–H and O–H groups in total. The van der Waals surface area contributed by atoms with E-state index < -0.39 is 11.6 Å². The average molecular weight is 283 g/mol. The molecule has 106 valence electrons. The summed E-state index contributed by atoms with van der Waals surface area (Å²) >= 11 is 0. The standard InChI is InChI=1S/C18H15F2N/c19-16-9-8-15(18(20)10-16)12-21-11-14-6-3-5-13-4-1-2-7-17(13)14/h1-10,21H,11-12H2. The second kappa shape index (κ2) is 6.02. The third-order valence-corrected chi connectivity index (χ3v) is 3.53. The minimum absolute atomic E-state index is 0.370. The maximum atomic E-state index is 13.5. The minimum atomic E-state index is -0.551. The molecule has 21 heavy (non-hydrogen) atoms. The maximum absolute atomic E-state index is 13.5. The molecular weight excluding hydrogens is 268 g/mol. The Morgan fingerprint density at radius 3 is 2.38 bits per heavy atom. The number of fused-ring (bicyclic) bond motifs is 1. The molecule has 0 aromatic heterocycles. The van der Waals surface area contributed by atoms with E-state index in [1.165, 1.54) is 22.9 Å². The Morgan fingerprint density at radius 2 is 1.52 bits per heavy atom. The van der Waals surface area contributed by atoms with E-state index in [0.717, 1.165) is 11.6 Å². The molecular formula is C18H15F2N. The van der Waals surface area contributed by atoms with Crippen LogP contribution in [0.2, 0.25) is 0 Å². The molecule has 0 fully saturated rings. The monoisotopic (exact) mass is 283 g/mol. The number of nitrogens with one attached hydrogen (secondary N) is 1. The van der Waals surface area contributed by atoms with Crippen molar-refractivity contribution < 1.29 is 8.78 Å². The molecule has 0 radical (unpaired) electrons. The SMILES string of the molecule is Fc1ccc(CNCc2cccc3ccccc23)c(F)c1. The van der Waals surface area contributed by atoms with Gasteiger partial charge >= 0.3 is 0 Å². The van der Waals surface area contributed by atoms with Crippen LogP contribution in [0.25, 0.3) is 10.8 Å². The van der Waals surface area contributed by atoms with Crippen molar-refractivity contribution in [2.24, 2.45) is 0 Å². The summed E-state index contributed by atoms with van der Waals surface area (Å²) in [7, 11) is 0. The fourth-order valence-electron chi connectivity index (χ4n) is 2.44.